The molecular formula is C19H13N5O3S2. The number of thiophene rings is 1. The molecule has 144 valence electrons. The van der Waals surface area contributed by atoms with Crippen LogP contribution in [0.3, 0.4) is 0 Å². The quantitative estimate of drug-likeness (QED) is 0.460. The molecule has 0 saturated heterocycles. The molecule has 1 N–H and O–H groups in total. The summed E-state index contributed by atoms with van der Waals surface area (Å²) in [5.41, 5.74) is 2.55. The average Bonchev–Trinajstić information content (AvgIpc) is 3.42. The van der Waals surface area contributed by atoms with Crippen LogP contribution >= 0.6 is 11.3 Å². The molecule has 0 aliphatic rings. The summed E-state index contributed by atoms with van der Waals surface area (Å²) in [6.07, 6.45) is 1.61. The monoisotopic (exact) mass is 423 g/mol. The minimum Gasteiger partial charge on any atom is -0.436 e. The van der Waals surface area contributed by atoms with Crippen molar-refractivity contribution < 1.29 is 13.2 Å². The summed E-state index contributed by atoms with van der Waals surface area (Å²) in [5, 5.41) is 9.76. The first-order chi connectivity index (χ1) is 14.1. The van der Waals surface area contributed by atoms with Crippen LogP contribution in [0, 0.1) is 0 Å². The van der Waals surface area contributed by atoms with Gasteiger partial charge in [-0.25, -0.2) is 13.4 Å². The molecule has 0 radical (unpaired) electrons. The highest BCUT2D eigenvalue weighted by molar-refractivity contribution is 7.94. The molecular weight excluding hydrogens is 410 g/mol. The van der Waals surface area contributed by atoms with Gasteiger partial charge in [-0.3, -0.25) is 9.12 Å². The second-order valence-corrected chi connectivity index (χ2v) is 8.95. The first-order valence-electron chi connectivity index (χ1n) is 8.53. The lowest BCUT2D eigenvalue weighted by molar-refractivity contribution is 0.467. The molecule has 0 amide bonds. The zero-order valence-electron chi connectivity index (χ0n) is 14.8. The first kappa shape index (κ1) is 17.6. The van der Waals surface area contributed by atoms with Crippen molar-refractivity contribution in [1.82, 2.24) is 19.6 Å². The average molecular weight is 423 g/mol. The van der Waals surface area contributed by atoms with E-state index in [9.17, 15) is 8.42 Å². The van der Waals surface area contributed by atoms with Gasteiger partial charge in [0.15, 0.2) is 0 Å². The molecule has 0 atom stereocenters. The largest absolute Gasteiger partial charge is 0.436 e. The zero-order valence-corrected chi connectivity index (χ0v) is 16.4. The molecule has 0 spiro atoms. The highest BCUT2D eigenvalue weighted by atomic mass is 32.2. The molecule has 29 heavy (non-hydrogen) atoms. The van der Waals surface area contributed by atoms with E-state index in [1.807, 2.05) is 24.3 Å². The van der Waals surface area contributed by atoms with Crippen molar-refractivity contribution in [2.24, 2.45) is 0 Å². The van der Waals surface area contributed by atoms with Crippen molar-refractivity contribution in [2.45, 2.75) is 4.21 Å². The summed E-state index contributed by atoms with van der Waals surface area (Å²) in [6.45, 7) is 0. The molecule has 0 bridgehead atoms. The fourth-order valence-electron chi connectivity index (χ4n) is 2.87. The molecule has 0 unspecified atom stereocenters. The maximum atomic E-state index is 12.3. The molecule has 0 aliphatic carbocycles. The SMILES string of the molecule is O=S(=O)(Nc1ccc(Oc2nc3ccccc3n3cnnc23)cc1)c1cccs1. The molecule has 3 heterocycles. The Labute approximate surface area is 169 Å². The van der Waals surface area contributed by atoms with Gasteiger partial charge in [0.25, 0.3) is 15.9 Å². The number of benzene rings is 2. The number of fused-ring (bicyclic) bond motifs is 3. The number of ether oxygens (including phenoxy) is 1. The van der Waals surface area contributed by atoms with E-state index in [0.29, 0.717) is 23.0 Å². The van der Waals surface area contributed by atoms with E-state index in [1.54, 1.807) is 52.5 Å². The molecule has 0 fully saturated rings. The zero-order chi connectivity index (χ0) is 19.8. The molecule has 10 heteroatoms. The summed E-state index contributed by atoms with van der Waals surface area (Å²) in [6, 6.07) is 17.4. The number of para-hydroxylation sites is 2. The van der Waals surface area contributed by atoms with Crippen molar-refractivity contribution in [1.29, 1.82) is 0 Å². The van der Waals surface area contributed by atoms with Crippen LogP contribution in [-0.2, 0) is 10.0 Å². The predicted molar refractivity (Wildman–Crippen MR) is 110 cm³/mol. The summed E-state index contributed by atoms with van der Waals surface area (Å²) in [4.78, 5) is 4.53. The van der Waals surface area contributed by atoms with Gasteiger partial charge in [0, 0.05) is 5.69 Å². The number of nitrogens with zero attached hydrogens (tertiary/aromatic N) is 4. The number of sulfonamides is 1. The Morgan fingerprint density at radius 3 is 2.62 bits per heavy atom. The summed E-state index contributed by atoms with van der Waals surface area (Å²) in [7, 11) is -3.59. The number of nitrogens with one attached hydrogen (secondary N) is 1. The molecule has 5 aromatic rings. The predicted octanol–water partition coefficient (Wildman–Crippen LogP) is 3.93. The van der Waals surface area contributed by atoms with Crippen molar-refractivity contribution in [2.75, 3.05) is 4.72 Å². The number of aromatic nitrogens is 4. The van der Waals surface area contributed by atoms with Crippen molar-refractivity contribution in [3.8, 4) is 11.6 Å². The molecule has 2 aromatic carbocycles. The number of rotatable bonds is 5. The van der Waals surface area contributed by atoms with Gasteiger partial charge in [0.05, 0.1) is 11.0 Å². The highest BCUT2D eigenvalue weighted by Gasteiger charge is 2.16. The Balaban J connectivity index is 1.43. The summed E-state index contributed by atoms with van der Waals surface area (Å²) >= 11 is 1.16. The number of hydrogen-bond acceptors (Lipinski definition) is 7. The maximum absolute atomic E-state index is 12.3. The van der Waals surface area contributed by atoms with Crippen LogP contribution in [0.25, 0.3) is 16.7 Å². The normalized spacial score (nSPS) is 11.7. The highest BCUT2D eigenvalue weighted by Crippen LogP contribution is 2.28. The van der Waals surface area contributed by atoms with Gasteiger partial charge in [0.2, 0.25) is 5.65 Å². The van der Waals surface area contributed by atoms with Gasteiger partial charge in [-0.1, -0.05) is 18.2 Å². The third kappa shape index (κ3) is 3.28. The minimum atomic E-state index is -3.59. The van der Waals surface area contributed by atoms with E-state index < -0.39 is 10.0 Å². The van der Waals surface area contributed by atoms with Gasteiger partial charge in [-0.2, -0.15) is 0 Å². The Kier molecular flexibility index (Phi) is 4.14. The maximum Gasteiger partial charge on any atom is 0.271 e. The third-order valence-corrected chi connectivity index (χ3v) is 6.96. The number of anilines is 1. The van der Waals surface area contributed by atoms with Crippen molar-refractivity contribution in [3.63, 3.8) is 0 Å². The van der Waals surface area contributed by atoms with Crippen LogP contribution < -0.4 is 9.46 Å². The van der Waals surface area contributed by atoms with Crippen LogP contribution in [-0.4, -0.2) is 28.0 Å². The molecule has 8 nitrogen and oxygen atoms in total. The van der Waals surface area contributed by atoms with Crippen molar-refractivity contribution in [3.05, 3.63) is 72.4 Å². The van der Waals surface area contributed by atoms with Gasteiger partial charge in [-0.05, 0) is 47.8 Å². The standard InChI is InChI=1S/C19H13N5O3S2/c25-29(26,17-6-3-11-28-17)23-13-7-9-14(10-8-13)27-19-18-22-20-12-24(18)16-5-2-1-4-15(16)21-19/h1-12,23H. The van der Waals surface area contributed by atoms with E-state index in [0.717, 1.165) is 22.4 Å². The topological polar surface area (TPSA) is 98.5 Å². The van der Waals surface area contributed by atoms with Crippen LogP contribution in [0.1, 0.15) is 0 Å². The first-order valence-corrected chi connectivity index (χ1v) is 10.9. The number of hydrogen-bond donors (Lipinski definition) is 1. The van der Waals surface area contributed by atoms with E-state index in [-0.39, 0.29) is 4.21 Å². The third-order valence-electron chi connectivity index (χ3n) is 4.18. The van der Waals surface area contributed by atoms with Crippen molar-refractivity contribution >= 4 is 43.7 Å². The van der Waals surface area contributed by atoms with E-state index >= 15 is 0 Å². The van der Waals surface area contributed by atoms with Gasteiger partial charge in [-0.15, -0.1) is 21.5 Å². The summed E-state index contributed by atoms with van der Waals surface area (Å²) < 4.78 is 35.2. The van der Waals surface area contributed by atoms with E-state index in [4.69, 9.17) is 4.74 Å². The molecule has 3 aromatic heterocycles. The van der Waals surface area contributed by atoms with Crippen LogP contribution in [0.5, 0.6) is 11.6 Å². The Morgan fingerprint density at radius 1 is 1.00 bits per heavy atom. The van der Waals surface area contributed by atoms with Crippen LogP contribution in [0.2, 0.25) is 0 Å². The lowest BCUT2D eigenvalue weighted by Gasteiger charge is -2.10. The fourth-order valence-corrected chi connectivity index (χ4v) is 4.92. The van der Waals surface area contributed by atoms with Gasteiger partial charge < -0.3 is 4.74 Å². The lowest BCUT2D eigenvalue weighted by Crippen LogP contribution is -2.11. The van der Waals surface area contributed by atoms with E-state index in [1.165, 1.54) is 0 Å². The Hall–Kier alpha value is -3.50. The van der Waals surface area contributed by atoms with Crippen LogP contribution in [0.15, 0.2) is 76.6 Å². The molecule has 0 aliphatic heterocycles. The second kappa shape index (κ2) is 6.83. The fraction of sp³-hybridized carbons (Fsp3) is 0. The smallest absolute Gasteiger partial charge is 0.271 e. The second-order valence-electron chi connectivity index (χ2n) is 6.09. The van der Waals surface area contributed by atoms with E-state index in [2.05, 4.69) is 19.9 Å². The lowest BCUT2D eigenvalue weighted by atomic mass is 10.3. The Morgan fingerprint density at radius 2 is 1.83 bits per heavy atom. The van der Waals surface area contributed by atoms with Gasteiger partial charge >= 0.3 is 0 Å². The van der Waals surface area contributed by atoms with Crippen LogP contribution in [0.4, 0.5) is 5.69 Å². The molecule has 0 saturated carbocycles. The Bertz CT molecular complexity index is 1410. The summed E-state index contributed by atoms with van der Waals surface area (Å²) in [5.74, 6) is 0.810. The minimum absolute atomic E-state index is 0.257. The van der Waals surface area contributed by atoms with Gasteiger partial charge in [0.1, 0.15) is 16.3 Å². The molecule has 5 rings (SSSR count).